The second-order valence-corrected chi connectivity index (χ2v) is 6.33. The minimum Gasteiger partial charge on any atom is -0.491 e. The molecule has 1 amide bonds. The third kappa shape index (κ3) is 4.71. The van der Waals surface area contributed by atoms with Crippen molar-refractivity contribution in [3.63, 3.8) is 0 Å². The van der Waals surface area contributed by atoms with E-state index in [2.05, 4.69) is 16.8 Å². The zero-order valence-corrected chi connectivity index (χ0v) is 14.5. The Hall–Kier alpha value is -2.57. The Morgan fingerprint density at radius 1 is 1.20 bits per heavy atom. The van der Waals surface area contributed by atoms with Gasteiger partial charge in [-0.15, -0.1) is 0 Å². The van der Waals surface area contributed by atoms with Crippen molar-refractivity contribution < 1.29 is 14.6 Å². The van der Waals surface area contributed by atoms with E-state index in [9.17, 15) is 4.79 Å². The van der Waals surface area contributed by atoms with Crippen LogP contribution in [-0.4, -0.2) is 28.8 Å². The van der Waals surface area contributed by atoms with E-state index in [-0.39, 0.29) is 25.2 Å². The molecule has 0 saturated heterocycles. The lowest BCUT2D eigenvalue weighted by molar-refractivity contribution is -0.116. The molecular formula is C19H20N2O3S. The van der Waals surface area contributed by atoms with Crippen LogP contribution in [0.25, 0.3) is 0 Å². The minimum atomic E-state index is -0.0473. The third-order valence-electron chi connectivity index (χ3n) is 3.79. The van der Waals surface area contributed by atoms with E-state index < -0.39 is 0 Å². The molecular weight excluding hydrogens is 336 g/mol. The van der Waals surface area contributed by atoms with Crippen molar-refractivity contribution >= 4 is 22.9 Å². The molecule has 2 N–H and O–H groups in total. The molecule has 0 saturated carbocycles. The highest BCUT2D eigenvalue weighted by Crippen LogP contribution is 2.25. The van der Waals surface area contributed by atoms with Gasteiger partial charge < -0.3 is 19.7 Å². The van der Waals surface area contributed by atoms with Crippen molar-refractivity contribution in [2.24, 2.45) is 0 Å². The largest absolute Gasteiger partial charge is 0.491 e. The van der Waals surface area contributed by atoms with Gasteiger partial charge in [-0.3, -0.25) is 4.79 Å². The normalized spacial score (nSPS) is 11.9. The number of carbonyl (C=O) groups is 1. The molecule has 3 aromatic rings. The van der Waals surface area contributed by atoms with E-state index in [1.165, 1.54) is 0 Å². The maximum absolute atomic E-state index is 12.5. The van der Waals surface area contributed by atoms with Crippen molar-refractivity contribution in [2.75, 3.05) is 18.5 Å². The van der Waals surface area contributed by atoms with Crippen LogP contribution in [0.2, 0.25) is 0 Å². The van der Waals surface area contributed by atoms with Gasteiger partial charge in [-0.2, -0.15) is 11.3 Å². The van der Waals surface area contributed by atoms with Crippen LogP contribution in [0.1, 0.15) is 18.0 Å². The van der Waals surface area contributed by atoms with E-state index >= 15 is 0 Å². The number of aromatic nitrogens is 1. The number of thiophene rings is 1. The van der Waals surface area contributed by atoms with E-state index in [0.717, 1.165) is 11.3 Å². The highest BCUT2D eigenvalue weighted by atomic mass is 32.1. The number of rotatable bonds is 8. The number of hydrogen-bond donors (Lipinski definition) is 2. The van der Waals surface area contributed by atoms with E-state index in [1.807, 2.05) is 34.5 Å². The average molecular weight is 356 g/mol. The Balaban J connectivity index is 1.64. The fourth-order valence-electron chi connectivity index (χ4n) is 2.60. The molecule has 0 radical (unpaired) electrons. The van der Waals surface area contributed by atoms with Crippen LogP contribution < -0.4 is 10.1 Å². The summed E-state index contributed by atoms with van der Waals surface area (Å²) in [5.74, 6) is 0.615. The van der Waals surface area contributed by atoms with Crippen molar-refractivity contribution in [1.29, 1.82) is 0 Å². The number of nitrogens with one attached hydrogen (secondary N) is 1. The Labute approximate surface area is 150 Å². The van der Waals surface area contributed by atoms with Crippen LogP contribution in [0.3, 0.4) is 0 Å². The number of aliphatic hydroxyl groups is 1. The molecule has 0 spiro atoms. The van der Waals surface area contributed by atoms with Crippen LogP contribution in [0.4, 0.5) is 5.69 Å². The number of nitrogens with zero attached hydrogens (tertiary/aromatic N) is 1. The van der Waals surface area contributed by atoms with Gasteiger partial charge >= 0.3 is 0 Å². The molecule has 25 heavy (non-hydrogen) atoms. The van der Waals surface area contributed by atoms with Crippen LogP contribution in [0.15, 0.2) is 65.6 Å². The molecule has 1 atom stereocenters. The first kappa shape index (κ1) is 17.3. The van der Waals surface area contributed by atoms with E-state index in [1.54, 1.807) is 35.6 Å². The van der Waals surface area contributed by atoms with Gasteiger partial charge in [0.15, 0.2) is 0 Å². The summed E-state index contributed by atoms with van der Waals surface area (Å²) in [4.78, 5) is 12.5. The first-order valence-corrected chi connectivity index (χ1v) is 8.98. The number of anilines is 1. The van der Waals surface area contributed by atoms with Crippen LogP contribution in [0, 0.1) is 0 Å². The molecule has 3 rings (SSSR count). The topological polar surface area (TPSA) is 63.5 Å². The number of carbonyl (C=O) groups excluding carboxylic acids is 1. The lowest BCUT2D eigenvalue weighted by Gasteiger charge is -2.18. The minimum absolute atomic E-state index is 0.0200. The van der Waals surface area contributed by atoms with Gasteiger partial charge in [-0.05, 0) is 58.8 Å². The Morgan fingerprint density at radius 2 is 1.96 bits per heavy atom. The monoisotopic (exact) mass is 356 g/mol. The highest BCUT2D eigenvalue weighted by molar-refractivity contribution is 7.08. The van der Waals surface area contributed by atoms with Crippen molar-refractivity contribution in [3.8, 4) is 5.75 Å². The zero-order valence-electron chi connectivity index (χ0n) is 13.7. The second-order valence-electron chi connectivity index (χ2n) is 5.55. The summed E-state index contributed by atoms with van der Waals surface area (Å²) >= 11 is 1.63. The Morgan fingerprint density at radius 3 is 2.60 bits per heavy atom. The lowest BCUT2D eigenvalue weighted by atomic mass is 10.1. The third-order valence-corrected chi connectivity index (χ3v) is 4.49. The fourth-order valence-corrected chi connectivity index (χ4v) is 3.31. The first-order valence-electron chi connectivity index (χ1n) is 8.04. The molecule has 2 aromatic heterocycles. The van der Waals surface area contributed by atoms with Gasteiger partial charge in [0.1, 0.15) is 12.4 Å². The van der Waals surface area contributed by atoms with E-state index in [4.69, 9.17) is 9.84 Å². The maximum atomic E-state index is 12.5. The number of hydrogen-bond acceptors (Lipinski definition) is 4. The summed E-state index contributed by atoms with van der Waals surface area (Å²) < 4.78 is 7.36. The number of benzene rings is 1. The number of amides is 1. The van der Waals surface area contributed by atoms with Gasteiger partial charge in [0.2, 0.25) is 5.91 Å². The number of ether oxygens (including phenoxy) is 1. The SMILES string of the molecule is O=C(CC(c1ccsc1)n1cccc1)Nc1ccc(OCCO)cc1. The molecule has 1 unspecified atom stereocenters. The molecule has 1 aromatic carbocycles. The quantitative estimate of drug-likeness (QED) is 0.649. The Bertz CT molecular complexity index is 733. The van der Waals surface area contributed by atoms with Crippen LogP contribution in [0.5, 0.6) is 5.75 Å². The smallest absolute Gasteiger partial charge is 0.226 e. The summed E-state index contributed by atoms with van der Waals surface area (Å²) in [5, 5.41) is 15.8. The van der Waals surface area contributed by atoms with Gasteiger partial charge in [-0.1, -0.05) is 0 Å². The van der Waals surface area contributed by atoms with Gasteiger partial charge in [0.05, 0.1) is 19.1 Å². The highest BCUT2D eigenvalue weighted by Gasteiger charge is 2.17. The second kappa shape index (κ2) is 8.50. The van der Waals surface area contributed by atoms with Crippen LogP contribution in [-0.2, 0) is 4.79 Å². The van der Waals surface area contributed by atoms with Crippen molar-refractivity contribution in [2.45, 2.75) is 12.5 Å². The summed E-state index contributed by atoms with van der Waals surface area (Å²) in [7, 11) is 0. The van der Waals surface area contributed by atoms with Gasteiger partial charge in [0.25, 0.3) is 0 Å². The van der Waals surface area contributed by atoms with Crippen molar-refractivity contribution in [1.82, 2.24) is 4.57 Å². The maximum Gasteiger partial charge on any atom is 0.226 e. The number of aliphatic hydroxyl groups excluding tert-OH is 1. The fraction of sp³-hybridized carbons (Fsp3) is 0.211. The van der Waals surface area contributed by atoms with Crippen LogP contribution >= 0.6 is 11.3 Å². The molecule has 0 aliphatic heterocycles. The molecule has 5 nitrogen and oxygen atoms in total. The summed E-state index contributed by atoms with van der Waals surface area (Å²) in [6, 6.07) is 13.1. The van der Waals surface area contributed by atoms with Crippen molar-refractivity contribution in [3.05, 3.63) is 71.2 Å². The summed E-state index contributed by atoms with van der Waals surface area (Å²) in [5.41, 5.74) is 1.85. The molecule has 0 aliphatic carbocycles. The average Bonchev–Trinajstić information content (AvgIpc) is 3.33. The predicted octanol–water partition coefficient (Wildman–Crippen LogP) is 3.54. The standard InChI is InChI=1S/C19H20N2O3S/c22-10-11-24-17-5-3-16(4-6-17)20-19(23)13-18(15-7-12-25-14-15)21-8-1-2-9-21/h1-9,12,14,18,22H,10-11,13H2,(H,20,23). The first-order chi connectivity index (χ1) is 12.3. The molecule has 0 aliphatic rings. The summed E-state index contributed by atoms with van der Waals surface area (Å²) in [6.45, 7) is 0.229. The molecule has 0 fully saturated rings. The predicted molar refractivity (Wildman–Crippen MR) is 99.2 cm³/mol. The van der Waals surface area contributed by atoms with Gasteiger partial charge in [-0.25, -0.2) is 0 Å². The molecule has 0 bridgehead atoms. The lowest BCUT2D eigenvalue weighted by Crippen LogP contribution is -2.19. The molecule has 130 valence electrons. The van der Waals surface area contributed by atoms with E-state index in [0.29, 0.717) is 12.2 Å². The van der Waals surface area contributed by atoms with Gasteiger partial charge in [0, 0.05) is 18.1 Å². The zero-order chi connectivity index (χ0) is 17.5. The Kier molecular flexibility index (Phi) is 5.87. The molecule has 6 heteroatoms. The summed E-state index contributed by atoms with van der Waals surface area (Å²) in [6.07, 6.45) is 4.31. The molecule has 2 heterocycles.